The fourth-order valence-electron chi connectivity index (χ4n) is 0.923. The van der Waals surface area contributed by atoms with Gasteiger partial charge in [0.15, 0.2) is 5.83 Å². The number of hydrogen-bond donors (Lipinski definition) is 0. The van der Waals surface area contributed by atoms with Gasteiger partial charge in [-0.3, -0.25) is 0 Å². The minimum absolute atomic E-state index is 0.975. The average molecular weight is 241 g/mol. The molecule has 0 aliphatic carbocycles. The van der Waals surface area contributed by atoms with Crippen molar-refractivity contribution >= 4 is 0 Å². The lowest BCUT2D eigenvalue weighted by molar-refractivity contribution is -0.221. The minimum atomic E-state index is -5.19. The van der Waals surface area contributed by atoms with Crippen molar-refractivity contribution < 1.29 is 35.1 Å². The largest absolute Gasteiger partial charge is 0.463 e. The van der Waals surface area contributed by atoms with Crippen LogP contribution in [-0.4, -0.2) is 29.7 Å². The van der Waals surface area contributed by atoms with Gasteiger partial charge in [-0.25, -0.2) is 8.78 Å². The Hall–Kier alpha value is -0.860. The second-order valence-corrected chi connectivity index (χ2v) is 2.85. The second-order valence-electron chi connectivity index (χ2n) is 2.85. The Bertz CT molecular complexity index is 288. The summed E-state index contributed by atoms with van der Waals surface area (Å²) in [6.07, 6.45) is -11.5. The first-order valence-electron chi connectivity index (χ1n) is 3.46. The molecule has 1 aliphatic rings. The molecule has 0 amide bonds. The van der Waals surface area contributed by atoms with Gasteiger partial charge in [0.25, 0.3) is 0 Å². The highest BCUT2D eigenvalue weighted by Gasteiger charge is 2.69. The lowest BCUT2D eigenvalue weighted by Crippen LogP contribution is -2.27. The fraction of sp³-hybridized carbons (Fsp3) is 0.667. The van der Waals surface area contributed by atoms with Crippen LogP contribution in [0.1, 0.15) is 0 Å². The maximum atomic E-state index is 12.8. The number of allylic oxidation sites excluding steroid dienone is 1. The van der Waals surface area contributed by atoms with Gasteiger partial charge in [0.2, 0.25) is 5.79 Å². The number of alkyl halides is 7. The highest BCUT2D eigenvalue weighted by atomic mass is 19.4. The van der Waals surface area contributed by atoms with E-state index in [9.17, 15) is 35.1 Å². The van der Waals surface area contributed by atoms with Gasteiger partial charge in [-0.15, -0.1) is 0 Å². The molecule has 1 nitrogen and oxygen atoms in total. The molecular weight excluding hydrogens is 238 g/mol. The Balaban J connectivity index is 2.81. The summed E-state index contributed by atoms with van der Waals surface area (Å²) in [5, 5.41) is 0. The van der Waals surface area contributed by atoms with Crippen LogP contribution in [0.3, 0.4) is 0 Å². The van der Waals surface area contributed by atoms with E-state index in [1.54, 1.807) is 0 Å². The second kappa shape index (κ2) is 3.06. The van der Waals surface area contributed by atoms with E-state index in [4.69, 9.17) is 0 Å². The monoisotopic (exact) mass is 241 g/mol. The molecule has 15 heavy (non-hydrogen) atoms. The van der Waals surface area contributed by atoms with Gasteiger partial charge in [-0.05, 0) is 0 Å². The lowest BCUT2D eigenvalue weighted by atomic mass is 10.3. The Morgan fingerprint density at radius 1 is 1.13 bits per heavy atom. The smallest absolute Gasteiger partial charge is 0.217 e. The topological polar surface area (TPSA) is 3.01 Å². The van der Waals surface area contributed by atoms with Crippen molar-refractivity contribution in [1.29, 1.82) is 0 Å². The summed E-state index contributed by atoms with van der Waals surface area (Å²) in [6.45, 7) is -1.46. The molecule has 1 fully saturated rings. The molecule has 0 spiro atoms. The van der Waals surface area contributed by atoms with E-state index in [1.807, 2.05) is 0 Å². The molecule has 1 rings (SSSR count). The van der Waals surface area contributed by atoms with Crippen LogP contribution in [0.2, 0.25) is 0 Å². The zero-order valence-corrected chi connectivity index (χ0v) is 6.76. The van der Waals surface area contributed by atoms with Crippen molar-refractivity contribution in [3.63, 3.8) is 0 Å². The zero-order chi connectivity index (χ0) is 12.1. The number of nitrogens with zero attached hydrogens (tertiary/aromatic N) is 1. The van der Waals surface area contributed by atoms with Crippen molar-refractivity contribution in [1.82, 2.24) is 4.90 Å². The number of rotatable bonds is 1. The summed E-state index contributed by atoms with van der Waals surface area (Å²) in [6, 6.07) is 0. The fourth-order valence-corrected chi connectivity index (χ4v) is 0.923. The van der Waals surface area contributed by atoms with Gasteiger partial charge >= 0.3 is 12.5 Å². The Kier molecular flexibility index (Phi) is 2.49. The van der Waals surface area contributed by atoms with Gasteiger partial charge in [0.1, 0.15) is 0 Å². The van der Waals surface area contributed by atoms with Crippen LogP contribution in [0.25, 0.3) is 0 Å². The molecule has 0 saturated carbocycles. The summed E-state index contributed by atoms with van der Waals surface area (Å²) >= 11 is 0. The third kappa shape index (κ3) is 2.58. The van der Waals surface area contributed by atoms with Crippen LogP contribution < -0.4 is 0 Å². The summed E-state index contributed by atoms with van der Waals surface area (Å²) in [5.41, 5.74) is 0. The van der Waals surface area contributed by atoms with Crippen LogP contribution in [0, 0.1) is 0 Å². The molecule has 0 aromatic rings. The first kappa shape index (κ1) is 12.2. The number of halogens is 8. The molecule has 2 atom stereocenters. The summed E-state index contributed by atoms with van der Waals surface area (Å²) in [4.78, 5) is -0.975. The van der Waals surface area contributed by atoms with Crippen molar-refractivity contribution in [3.05, 3.63) is 11.9 Å². The molecule has 2 unspecified atom stereocenters. The molecule has 88 valence electrons. The van der Waals surface area contributed by atoms with Crippen molar-refractivity contribution in [2.45, 2.75) is 18.3 Å². The van der Waals surface area contributed by atoms with Crippen molar-refractivity contribution in [3.8, 4) is 0 Å². The van der Waals surface area contributed by atoms with E-state index < -0.39 is 41.6 Å². The predicted octanol–water partition coefficient (Wildman–Crippen LogP) is 2.90. The maximum absolute atomic E-state index is 12.8. The van der Waals surface area contributed by atoms with Crippen molar-refractivity contribution in [2.75, 3.05) is 6.54 Å². The van der Waals surface area contributed by atoms with Crippen LogP contribution in [0.15, 0.2) is 11.9 Å². The van der Waals surface area contributed by atoms with Gasteiger partial charge in [-0.1, -0.05) is 0 Å². The van der Waals surface area contributed by atoms with Crippen LogP contribution in [0.5, 0.6) is 0 Å². The molecule has 0 aromatic carbocycles. The molecule has 1 saturated heterocycles. The molecule has 0 radical (unpaired) electrons. The first-order chi connectivity index (χ1) is 6.47. The predicted molar refractivity (Wildman–Crippen MR) is 31.8 cm³/mol. The van der Waals surface area contributed by atoms with Gasteiger partial charge in [0.05, 0.1) is 12.6 Å². The molecule has 0 bridgehead atoms. The summed E-state index contributed by atoms with van der Waals surface area (Å²) in [5.74, 6) is -6.19. The summed E-state index contributed by atoms with van der Waals surface area (Å²) < 4.78 is 95.1. The third-order valence-electron chi connectivity index (χ3n) is 1.65. The maximum Gasteiger partial charge on any atom is 0.463 e. The standard InChI is InChI=1S/C6H3F8N/c7-3(1-5(9,10)11)4(8)2-15(4)6(12,13)14/h1H,2H2/b3-1-. The van der Waals surface area contributed by atoms with E-state index in [2.05, 4.69) is 0 Å². The summed E-state index contributed by atoms with van der Waals surface area (Å²) in [7, 11) is 0. The Morgan fingerprint density at radius 2 is 1.60 bits per heavy atom. The zero-order valence-electron chi connectivity index (χ0n) is 6.76. The van der Waals surface area contributed by atoms with Crippen LogP contribution in [-0.2, 0) is 0 Å². The molecule has 1 aliphatic heterocycles. The van der Waals surface area contributed by atoms with E-state index in [0.717, 1.165) is 0 Å². The highest BCUT2D eigenvalue weighted by Crippen LogP contribution is 2.49. The van der Waals surface area contributed by atoms with Gasteiger partial charge in [-0.2, -0.15) is 31.2 Å². The number of hydrogen-bond acceptors (Lipinski definition) is 1. The molecule has 0 N–H and O–H groups in total. The molecule has 9 heteroatoms. The lowest BCUT2D eigenvalue weighted by Gasteiger charge is -2.10. The van der Waals surface area contributed by atoms with Crippen LogP contribution >= 0.6 is 0 Å². The van der Waals surface area contributed by atoms with E-state index >= 15 is 0 Å². The molecule has 1 heterocycles. The first-order valence-corrected chi connectivity index (χ1v) is 3.46. The Labute approximate surface area is 78.0 Å². The minimum Gasteiger partial charge on any atom is -0.217 e. The van der Waals surface area contributed by atoms with Gasteiger partial charge < -0.3 is 0 Å². The van der Waals surface area contributed by atoms with Crippen LogP contribution in [0.4, 0.5) is 35.1 Å². The normalized spacial score (nSPS) is 33.1. The quantitative estimate of drug-likeness (QED) is 0.387. The van der Waals surface area contributed by atoms with Gasteiger partial charge in [0, 0.05) is 0 Å². The molecule has 0 aromatic heterocycles. The van der Waals surface area contributed by atoms with E-state index in [1.165, 1.54) is 0 Å². The average Bonchev–Trinajstić information content (AvgIpc) is 2.58. The Morgan fingerprint density at radius 3 is 1.87 bits per heavy atom. The highest BCUT2D eigenvalue weighted by molar-refractivity contribution is 5.21. The van der Waals surface area contributed by atoms with E-state index in [-0.39, 0.29) is 0 Å². The molecular formula is C6H3F8N. The van der Waals surface area contributed by atoms with Crippen molar-refractivity contribution in [2.24, 2.45) is 0 Å². The van der Waals surface area contributed by atoms with E-state index in [0.29, 0.717) is 0 Å². The third-order valence-corrected chi connectivity index (χ3v) is 1.65. The SMILES string of the molecule is F/C(=C\C(F)(F)F)C1(F)CN1C(F)(F)F.